The van der Waals surface area contributed by atoms with Crippen LogP contribution in [0.1, 0.15) is 91.0 Å². The summed E-state index contributed by atoms with van der Waals surface area (Å²) in [6.45, 7) is 12.8. The zero-order valence-corrected chi connectivity index (χ0v) is 34.0. The summed E-state index contributed by atoms with van der Waals surface area (Å²) in [6.07, 6.45) is 3.02. The second kappa shape index (κ2) is 14.7. The number of ether oxygens (including phenoxy) is 2. The van der Waals surface area contributed by atoms with Crippen molar-refractivity contribution in [1.82, 2.24) is 29.7 Å². The Morgan fingerprint density at radius 2 is 1.00 bits per heavy atom. The summed E-state index contributed by atoms with van der Waals surface area (Å²) < 4.78 is 10.9. The predicted molar refractivity (Wildman–Crippen MR) is 219 cm³/mol. The number of hydrogen-bond acceptors (Lipinski definition) is 8. The number of likely N-dealkylation sites (tertiary alicyclic amines) is 2. The van der Waals surface area contributed by atoms with E-state index in [1.807, 2.05) is 63.5 Å². The summed E-state index contributed by atoms with van der Waals surface area (Å²) in [5, 5.41) is 0. The third-order valence-electron chi connectivity index (χ3n) is 13.9. The normalized spacial score (nSPS) is 28.4. The van der Waals surface area contributed by atoms with E-state index in [9.17, 15) is 19.2 Å². The first-order chi connectivity index (χ1) is 27.9. The minimum Gasteiger partial charge on any atom is -0.462 e. The monoisotopic (exact) mass is 784 g/mol. The molecule has 9 rings (SSSR count). The van der Waals surface area contributed by atoms with Gasteiger partial charge >= 0.3 is 11.9 Å². The van der Waals surface area contributed by atoms with Crippen LogP contribution in [0.5, 0.6) is 0 Å². The summed E-state index contributed by atoms with van der Waals surface area (Å²) >= 11 is 0. The highest BCUT2D eigenvalue weighted by Gasteiger charge is 2.48. The highest BCUT2D eigenvalue weighted by atomic mass is 16.6. The lowest BCUT2D eigenvalue weighted by atomic mass is 9.82. The molecule has 4 saturated heterocycles. The highest BCUT2D eigenvalue weighted by molar-refractivity contribution is 5.89. The number of fused-ring (bicyclic) bond motifs is 2. The van der Waals surface area contributed by atoms with Crippen molar-refractivity contribution in [2.75, 3.05) is 13.1 Å². The molecule has 0 radical (unpaired) electrons. The van der Waals surface area contributed by atoms with Crippen LogP contribution >= 0.6 is 0 Å². The molecular weight excluding hydrogens is 733 g/mol. The molecule has 5 aromatic rings. The Kier molecular flexibility index (Phi) is 9.63. The van der Waals surface area contributed by atoms with E-state index in [0.717, 1.165) is 81.7 Å². The van der Waals surface area contributed by atoms with Gasteiger partial charge in [-0.05, 0) is 86.1 Å². The molecular formula is C46H52N6O6. The first kappa shape index (κ1) is 38.0. The van der Waals surface area contributed by atoms with Crippen molar-refractivity contribution in [3.8, 4) is 22.3 Å². The summed E-state index contributed by atoms with van der Waals surface area (Å²) in [7, 11) is 0. The molecule has 302 valence electrons. The Morgan fingerprint density at radius 1 is 0.621 bits per heavy atom. The summed E-state index contributed by atoms with van der Waals surface area (Å²) in [5.74, 6) is -0.851. The van der Waals surface area contributed by atoms with Crippen molar-refractivity contribution in [3.05, 3.63) is 72.3 Å². The Balaban J connectivity index is 0.894. The van der Waals surface area contributed by atoms with Gasteiger partial charge < -0.3 is 29.2 Å². The van der Waals surface area contributed by atoms with E-state index in [-0.39, 0.29) is 59.9 Å². The Morgan fingerprint density at radius 3 is 1.36 bits per heavy atom. The number of aromatic amines is 2. The first-order valence-corrected chi connectivity index (χ1v) is 21.0. The number of hydrogen-bond donors (Lipinski definition) is 2. The molecule has 4 aliphatic rings. The molecule has 12 nitrogen and oxygen atoms in total. The molecule has 6 heterocycles. The summed E-state index contributed by atoms with van der Waals surface area (Å²) in [6, 6.07) is 20.6. The third-order valence-corrected chi connectivity index (χ3v) is 13.9. The molecule has 12 heteroatoms. The lowest BCUT2D eigenvalue weighted by Gasteiger charge is -2.29. The Labute approximate surface area is 338 Å². The number of nitrogens with one attached hydrogen (secondary N) is 2. The molecule has 2 aromatic heterocycles. The van der Waals surface area contributed by atoms with Crippen LogP contribution in [0.4, 0.5) is 0 Å². The van der Waals surface area contributed by atoms with Crippen LogP contribution in [-0.2, 0) is 28.7 Å². The molecule has 2 unspecified atom stereocenters. The average molecular weight is 785 g/mol. The van der Waals surface area contributed by atoms with E-state index < -0.39 is 23.7 Å². The minimum atomic E-state index is -0.458. The van der Waals surface area contributed by atoms with Gasteiger partial charge in [-0.1, -0.05) is 64.1 Å². The van der Waals surface area contributed by atoms with Gasteiger partial charge in [-0.2, -0.15) is 0 Å². The number of nitrogens with zero attached hydrogens (tertiary/aromatic N) is 4. The maximum Gasteiger partial charge on any atom is 0.310 e. The van der Waals surface area contributed by atoms with Crippen molar-refractivity contribution < 1.29 is 28.7 Å². The van der Waals surface area contributed by atoms with E-state index in [0.29, 0.717) is 13.1 Å². The SMILES string of the molecule is CC1[C@H]([C@H](C)C(=O)N2CCC[C@H]2c2nc3cc(-c4ccc(-c5ccc6[nH]c([C@@H]7CCCN7C(=O)[C@@H](C)[C@@H]7C(=O)O[C@H](C)C7C)nc6c5)cc4)ccc3[nH]2)C(=O)O[C@@H]1C. The number of rotatable bonds is 8. The van der Waals surface area contributed by atoms with Crippen molar-refractivity contribution in [1.29, 1.82) is 0 Å². The lowest BCUT2D eigenvalue weighted by Crippen LogP contribution is -2.40. The van der Waals surface area contributed by atoms with Crippen molar-refractivity contribution in [2.24, 2.45) is 35.5 Å². The highest BCUT2D eigenvalue weighted by Crippen LogP contribution is 2.41. The molecule has 0 saturated carbocycles. The van der Waals surface area contributed by atoms with Gasteiger partial charge in [-0.15, -0.1) is 0 Å². The number of amides is 2. The standard InChI is InChI=1S/C46H52N6O6/c1-23-27(5)57-45(55)39(23)25(3)43(53)51-19-7-9-37(51)41-47-33-17-15-31(21-35(33)49-41)29-11-13-30(14-12-29)32-16-18-34-36(22-32)50-42(48-34)38-10-8-20-52(38)44(54)26(4)40-24(2)28(6)58-46(40)56/h11-18,21-28,37-40H,7-10,19-20H2,1-6H3,(H,47,49)(H,48,50)/t23?,24?,25-,26-,27+,28+,37-,38-,39+,40+/m0/s1. The van der Waals surface area contributed by atoms with E-state index in [1.165, 1.54) is 0 Å². The fourth-order valence-electron chi connectivity index (χ4n) is 10.1. The van der Waals surface area contributed by atoms with Gasteiger partial charge in [0.15, 0.2) is 0 Å². The number of imidazole rings is 2. The maximum absolute atomic E-state index is 13.8. The van der Waals surface area contributed by atoms with E-state index >= 15 is 0 Å². The molecule has 0 aliphatic carbocycles. The van der Waals surface area contributed by atoms with Gasteiger partial charge in [0, 0.05) is 36.8 Å². The summed E-state index contributed by atoms with van der Waals surface area (Å²) in [4.78, 5) is 73.5. The summed E-state index contributed by atoms with van der Waals surface area (Å²) in [5.41, 5.74) is 7.72. The first-order valence-electron chi connectivity index (χ1n) is 21.0. The molecule has 58 heavy (non-hydrogen) atoms. The fourth-order valence-corrected chi connectivity index (χ4v) is 10.1. The van der Waals surface area contributed by atoms with Gasteiger partial charge in [0.2, 0.25) is 11.8 Å². The largest absolute Gasteiger partial charge is 0.462 e. The molecule has 10 atom stereocenters. The van der Waals surface area contributed by atoms with Gasteiger partial charge in [-0.25, -0.2) is 9.97 Å². The van der Waals surface area contributed by atoms with Crippen LogP contribution in [0.2, 0.25) is 0 Å². The topological polar surface area (TPSA) is 151 Å². The molecule has 2 N–H and O–H groups in total. The second-order valence-electron chi connectivity index (χ2n) is 17.3. The van der Waals surface area contributed by atoms with Crippen LogP contribution < -0.4 is 0 Å². The van der Waals surface area contributed by atoms with E-state index in [2.05, 4.69) is 58.5 Å². The Hall–Kier alpha value is -5.52. The van der Waals surface area contributed by atoms with Crippen LogP contribution in [0.15, 0.2) is 60.7 Å². The Bertz CT molecular complexity index is 2250. The molecule has 0 bridgehead atoms. The van der Waals surface area contributed by atoms with Gasteiger partial charge in [0.25, 0.3) is 0 Å². The number of benzene rings is 3. The molecule has 4 aliphatic heterocycles. The fraction of sp³-hybridized carbons (Fsp3) is 0.478. The van der Waals surface area contributed by atoms with Crippen LogP contribution in [0, 0.1) is 35.5 Å². The zero-order valence-electron chi connectivity index (χ0n) is 34.0. The smallest absolute Gasteiger partial charge is 0.310 e. The molecule has 2 amide bonds. The van der Waals surface area contributed by atoms with Crippen LogP contribution in [-0.4, -0.2) is 78.8 Å². The molecule has 4 fully saturated rings. The van der Waals surface area contributed by atoms with Crippen LogP contribution in [0.3, 0.4) is 0 Å². The number of aromatic nitrogens is 4. The molecule has 0 spiro atoms. The lowest BCUT2D eigenvalue weighted by molar-refractivity contribution is -0.149. The van der Waals surface area contributed by atoms with Crippen molar-refractivity contribution in [2.45, 2.75) is 91.5 Å². The number of esters is 2. The van der Waals surface area contributed by atoms with E-state index in [4.69, 9.17) is 19.4 Å². The third kappa shape index (κ3) is 6.44. The van der Waals surface area contributed by atoms with E-state index in [1.54, 1.807) is 0 Å². The maximum atomic E-state index is 13.8. The van der Waals surface area contributed by atoms with Crippen molar-refractivity contribution >= 4 is 45.8 Å². The number of H-pyrrole nitrogens is 2. The van der Waals surface area contributed by atoms with Gasteiger partial charge in [0.1, 0.15) is 23.9 Å². The average Bonchev–Trinajstić information content (AvgIpc) is 4.08. The number of cyclic esters (lactones) is 2. The van der Waals surface area contributed by atoms with Gasteiger partial charge in [-0.3, -0.25) is 19.2 Å². The minimum absolute atomic E-state index is 0.0112. The number of carbonyl (C=O) groups excluding carboxylic acids is 4. The van der Waals surface area contributed by atoms with Crippen LogP contribution in [0.25, 0.3) is 44.3 Å². The predicted octanol–water partition coefficient (Wildman–Crippen LogP) is 7.77. The second-order valence-corrected chi connectivity index (χ2v) is 17.3. The van der Waals surface area contributed by atoms with Gasteiger partial charge in [0.05, 0.1) is 46.0 Å². The number of carbonyl (C=O) groups is 4. The zero-order chi connectivity index (χ0) is 40.6. The van der Waals surface area contributed by atoms with Crippen molar-refractivity contribution in [3.63, 3.8) is 0 Å². The molecule has 3 aromatic carbocycles. The quantitative estimate of drug-likeness (QED) is 0.152.